The molecule has 0 saturated heterocycles. The van der Waals surface area contributed by atoms with Gasteiger partial charge >= 0.3 is 0 Å². The lowest BCUT2D eigenvalue weighted by molar-refractivity contribution is -0.116. The third-order valence-corrected chi connectivity index (χ3v) is 15.0. The van der Waals surface area contributed by atoms with Crippen LogP contribution in [0.25, 0.3) is 6.08 Å². The van der Waals surface area contributed by atoms with Gasteiger partial charge in [-0.1, -0.05) is 117 Å². The van der Waals surface area contributed by atoms with Crippen molar-refractivity contribution in [1.29, 1.82) is 0 Å². The first-order valence-electron chi connectivity index (χ1n) is 25.4. The monoisotopic (exact) mass is 1110 g/mol. The number of allylic oxidation sites excluding steroid dienone is 2. The summed E-state index contributed by atoms with van der Waals surface area (Å²) >= 11 is 6.04. The second-order valence-electron chi connectivity index (χ2n) is 25.2. The van der Waals surface area contributed by atoms with E-state index in [4.69, 9.17) is 32.1 Å². The second kappa shape index (κ2) is 29.6. The number of rotatable bonds is 1. The summed E-state index contributed by atoms with van der Waals surface area (Å²) in [4.78, 5) is 21.9. The van der Waals surface area contributed by atoms with Crippen molar-refractivity contribution in [3.63, 3.8) is 0 Å². The molecule has 9 nitrogen and oxygen atoms in total. The fourth-order valence-electron chi connectivity index (χ4n) is 5.95. The normalized spacial score (nSPS) is 13.2. The minimum absolute atomic E-state index is 0.0229. The third kappa shape index (κ3) is 25.3. The van der Waals surface area contributed by atoms with E-state index in [0.717, 1.165) is 45.6 Å². The van der Waals surface area contributed by atoms with Crippen LogP contribution in [0.5, 0.6) is 0 Å². The summed E-state index contributed by atoms with van der Waals surface area (Å²) in [5.41, 5.74) is 6.37. The number of terminal acetylenes is 5. The second-order valence-corrected chi connectivity index (χ2v) is 28.5. The van der Waals surface area contributed by atoms with Crippen LogP contribution in [0.3, 0.4) is 0 Å². The molecule has 0 N–H and O–H groups in total. The molecule has 7 rings (SSSR count). The van der Waals surface area contributed by atoms with E-state index in [9.17, 15) is 4.79 Å². The van der Waals surface area contributed by atoms with Crippen molar-refractivity contribution in [3.8, 4) is 61.7 Å². The maximum atomic E-state index is 11.0. The molecule has 0 saturated carbocycles. The summed E-state index contributed by atoms with van der Waals surface area (Å²) in [6, 6.07) is 5.77. The molecule has 77 heavy (non-hydrogen) atoms. The predicted molar refractivity (Wildman–Crippen MR) is 334 cm³/mol. The third-order valence-electron chi connectivity index (χ3n) is 11.0. The molecule has 412 valence electrons. The number of ketones is 1. The quantitative estimate of drug-likeness (QED) is 0.151. The van der Waals surface area contributed by atoms with Crippen LogP contribution in [0.4, 0.5) is 0 Å². The number of aromatic nitrogens is 8. The smallest absolute Gasteiger partial charge is 0.166 e. The molecule has 0 bridgehead atoms. The maximum Gasteiger partial charge on any atom is 0.166 e. The van der Waals surface area contributed by atoms with Gasteiger partial charge in [0.25, 0.3) is 0 Å². The maximum absolute atomic E-state index is 11.0. The SMILES string of the molecule is C#Cc1cc(C(C)(C)C)sn1.C#Cc1ccn(C(C)(C)C)n1.C#Cc1nc(C(C)(C)C)cs1.C#Cc1ncc(C(C)(C)C)s1.C#Cc1nscc1C(C)(C)C.C=Cc1ccn(C(C)(C)C)n1.CC(C)(C)C1CC=CC(=O)C1. The number of hydrogen-bond acceptors (Lipinski definition) is 11. The first kappa shape index (κ1) is 68.9. The molecule has 1 atom stereocenters. The van der Waals surface area contributed by atoms with Gasteiger partial charge in [-0.05, 0) is 159 Å². The highest BCUT2D eigenvalue weighted by atomic mass is 32.1. The van der Waals surface area contributed by atoms with E-state index < -0.39 is 0 Å². The Bertz CT molecular complexity index is 2770. The zero-order chi connectivity index (χ0) is 59.4. The molecule has 0 aromatic carbocycles. The first-order chi connectivity index (χ1) is 35.2. The lowest BCUT2D eigenvalue weighted by atomic mass is 9.74. The lowest BCUT2D eigenvalue weighted by Crippen LogP contribution is -2.24. The van der Waals surface area contributed by atoms with E-state index in [1.54, 1.807) is 23.5 Å². The molecule has 6 aromatic heterocycles. The molecule has 0 radical (unpaired) electrons. The van der Waals surface area contributed by atoms with Gasteiger partial charge in [-0.15, -0.1) is 54.8 Å². The van der Waals surface area contributed by atoms with Gasteiger partial charge in [-0.3, -0.25) is 14.2 Å². The highest BCUT2D eigenvalue weighted by Crippen LogP contribution is 2.34. The zero-order valence-electron chi connectivity index (χ0n) is 50.1. The molecular formula is C64H86N8OS4. The Morgan fingerprint density at radius 2 is 1.21 bits per heavy atom. The van der Waals surface area contributed by atoms with Crippen LogP contribution < -0.4 is 0 Å². The highest BCUT2D eigenvalue weighted by molar-refractivity contribution is 7.12. The van der Waals surface area contributed by atoms with Gasteiger partial charge in [0.05, 0.1) is 22.5 Å². The summed E-state index contributed by atoms with van der Waals surface area (Å²) < 4.78 is 12.0. The molecule has 6 aromatic rings. The van der Waals surface area contributed by atoms with Gasteiger partial charge < -0.3 is 0 Å². The fourth-order valence-corrected chi connectivity index (χ4v) is 9.21. The lowest BCUT2D eigenvalue weighted by Gasteiger charge is -2.30. The average molecular weight is 1110 g/mol. The van der Waals surface area contributed by atoms with Crippen LogP contribution in [-0.4, -0.2) is 44.1 Å². The van der Waals surface area contributed by atoms with Crippen LogP contribution in [0.1, 0.15) is 212 Å². The standard InChI is InChI=1S/C10H16O.C9H14N2.C9H12N2.4C9H11NS/c1-10(2,3)8-5-4-6-9(11)7-8;2*1-5-8-6-7-11(10-8)9(2,3)4;1-5-8-10-7(6-11-8)9(2,3)4;1-5-8-10-6-7(11-8)9(2,3)4;1-5-8-7(6-11-10-8)9(2,3)4;1-5-7-6-8(11-10-7)9(2,3)4/h4,6,8H,5,7H2,1-3H3;5-7H,1H2,2-4H3;1,6-7H,2-4H3;4*1,6H,2-4H3. The summed E-state index contributed by atoms with van der Waals surface area (Å²) in [6.45, 7) is 48.6. The van der Waals surface area contributed by atoms with E-state index in [1.165, 1.54) is 49.7 Å². The van der Waals surface area contributed by atoms with Crippen LogP contribution >= 0.6 is 45.7 Å². The highest BCUT2D eigenvalue weighted by Gasteiger charge is 2.27. The van der Waals surface area contributed by atoms with Crippen molar-refractivity contribution in [2.75, 3.05) is 0 Å². The molecule has 0 spiro atoms. The van der Waals surface area contributed by atoms with Crippen LogP contribution in [0, 0.1) is 73.1 Å². The van der Waals surface area contributed by atoms with Gasteiger partial charge in [0.2, 0.25) is 0 Å². The largest absolute Gasteiger partial charge is 0.295 e. The van der Waals surface area contributed by atoms with E-state index in [2.05, 4.69) is 210 Å². The van der Waals surface area contributed by atoms with Crippen molar-refractivity contribution in [3.05, 3.63) is 120 Å². The summed E-state index contributed by atoms with van der Waals surface area (Å²) in [7, 11) is 0. The van der Waals surface area contributed by atoms with E-state index >= 15 is 0 Å². The van der Waals surface area contributed by atoms with Gasteiger partial charge in [-0.2, -0.15) is 18.9 Å². The number of carbonyl (C=O) groups excluding carboxylic acids is 1. The number of nitrogens with zero attached hydrogens (tertiary/aromatic N) is 8. The first-order valence-corrected chi connectivity index (χ1v) is 28.7. The van der Waals surface area contributed by atoms with Gasteiger partial charge in [0.15, 0.2) is 15.8 Å². The molecule has 0 aliphatic heterocycles. The van der Waals surface area contributed by atoms with Crippen molar-refractivity contribution in [1.82, 2.24) is 38.3 Å². The van der Waals surface area contributed by atoms with Crippen molar-refractivity contribution < 1.29 is 4.79 Å². The number of hydrogen-bond donors (Lipinski definition) is 0. The Morgan fingerprint density at radius 3 is 1.51 bits per heavy atom. The molecule has 1 aliphatic carbocycles. The predicted octanol–water partition coefficient (Wildman–Crippen LogP) is 16.2. The Labute approximate surface area is 481 Å². The van der Waals surface area contributed by atoms with Crippen molar-refractivity contribution in [2.24, 2.45) is 11.3 Å². The van der Waals surface area contributed by atoms with Crippen LogP contribution in [-0.2, 0) is 37.5 Å². The summed E-state index contributed by atoms with van der Waals surface area (Å²) in [5, 5.41) is 14.1. The van der Waals surface area contributed by atoms with Gasteiger partial charge in [-0.25, -0.2) is 9.97 Å². The Morgan fingerprint density at radius 1 is 0.649 bits per heavy atom. The Balaban J connectivity index is 0.000000449. The molecule has 13 heteroatoms. The topological polar surface area (TPSA) is 104 Å². The van der Waals surface area contributed by atoms with Crippen molar-refractivity contribution in [2.45, 2.75) is 191 Å². The zero-order valence-corrected chi connectivity index (χ0v) is 53.3. The van der Waals surface area contributed by atoms with E-state index in [0.29, 0.717) is 11.6 Å². The van der Waals surface area contributed by atoms with E-state index in [-0.39, 0.29) is 43.9 Å². The minimum atomic E-state index is 0.0229. The molecule has 6 heterocycles. The minimum Gasteiger partial charge on any atom is -0.295 e. The molecular weight excluding hydrogens is 1030 g/mol. The van der Waals surface area contributed by atoms with Gasteiger partial charge in [0.1, 0.15) is 17.1 Å². The number of thiazole rings is 2. The Kier molecular flexibility index (Phi) is 26.5. The molecule has 0 fully saturated rings. The van der Waals surface area contributed by atoms with E-state index in [1.807, 2.05) is 63.0 Å². The van der Waals surface area contributed by atoms with Crippen LogP contribution in [0.2, 0.25) is 0 Å². The molecule has 0 amide bonds. The Hall–Kier alpha value is -6.11. The van der Waals surface area contributed by atoms with Crippen LogP contribution in [0.15, 0.2) is 66.3 Å². The fraction of sp³-hybridized carbons (Fsp3) is 0.484. The van der Waals surface area contributed by atoms with Gasteiger partial charge in [0, 0.05) is 56.5 Å². The molecule has 1 aliphatic rings. The van der Waals surface area contributed by atoms with Crippen molar-refractivity contribution >= 4 is 57.6 Å². The summed E-state index contributed by atoms with van der Waals surface area (Å²) in [5.74, 6) is 13.5. The molecule has 1 unspecified atom stereocenters. The average Bonchev–Trinajstić information content (AvgIpc) is 4.18. The summed E-state index contributed by atoms with van der Waals surface area (Å²) in [6.07, 6.45) is 39.1. The number of carbonyl (C=O) groups is 1.